The van der Waals surface area contributed by atoms with E-state index in [4.69, 9.17) is 5.11 Å². The monoisotopic (exact) mass is 310 g/mol. The quantitative estimate of drug-likeness (QED) is 0.946. The zero-order valence-corrected chi connectivity index (χ0v) is 11.9. The first-order valence-electron chi connectivity index (χ1n) is 5.86. The molecule has 0 atom stereocenters. The van der Waals surface area contributed by atoms with Gasteiger partial charge in [0.2, 0.25) is 5.43 Å². The Balaban J connectivity index is 2.83. The summed E-state index contributed by atoms with van der Waals surface area (Å²) in [5.41, 5.74) is 1.13. The molecule has 2 rings (SSSR count). The Kier molecular flexibility index (Phi) is 3.82. The summed E-state index contributed by atoms with van der Waals surface area (Å²) in [5, 5.41) is 14.0. The molecule has 0 aliphatic heterocycles. The first kappa shape index (κ1) is 13.2. The van der Waals surface area contributed by atoms with Gasteiger partial charge in [0.25, 0.3) is 0 Å². The van der Waals surface area contributed by atoms with Crippen LogP contribution in [0.1, 0.15) is 25.6 Å². The number of benzene rings is 1. The van der Waals surface area contributed by atoms with E-state index in [9.17, 15) is 4.79 Å². The first-order chi connectivity index (χ1) is 8.54. The highest BCUT2D eigenvalue weighted by Crippen LogP contribution is 2.19. The predicted molar refractivity (Wildman–Crippen MR) is 74.9 cm³/mol. The zero-order chi connectivity index (χ0) is 13.3. The lowest BCUT2D eigenvalue weighted by Crippen LogP contribution is -2.21. The molecule has 2 aromatic rings. The van der Waals surface area contributed by atoms with Crippen molar-refractivity contribution in [1.82, 2.24) is 9.78 Å². The molecule has 5 heteroatoms. The topological polar surface area (TPSA) is 55.1 Å². The van der Waals surface area contributed by atoms with Gasteiger partial charge >= 0.3 is 0 Å². The standard InChI is InChI=1S/C13H15BrN2O2/c1-8(2)16-12-7-9(14)3-4-10(12)13(18)11(15-16)5-6-17/h3-4,7-8,17H,5-6H2,1-2H3. The Bertz CT molecular complexity index is 635. The van der Waals surface area contributed by atoms with E-state index in [2.05, 4.69) is 21.0 Å². The highest BCUT2D eigenvalue weighted by atomic mass is 79.9. The number of aliphatic hydroxyl groups excluding tert-OH is 1. The number of nitrogens with zero attached hydrogens (tertiary/aromatic N) is 2. The average molecular weight is 311 g/mol. The fourth-order valence-electron chi connectivity index (χ4n) is 1.93. The van der Waals surface area contributed by atoms with Gasteiger partial charge in [0, 0.05) is 28.9 Å². The highest BCUT2D eigenvalue weighted by molar-refractivity contribution is 9.10. The van der Waals surface area contributed by atoms with Crippen LogP contribution in [0, 0.1) is 0 Å². The molecule has 4 nitrogen and oxygen atoms in total. The molecule has 96 valence electrons. The molecule has 1 heterocycles. The zero-order valence-electron chi connectivity index (χ0n) is 10.4. The summed E-state index contributed by atoms with van der Waals surface area (Å²) < 4.78 is 2.74. The van der Waals surface area contributed by atoms with Crippen LogP contribution in [-0.2, 0) is 6.42 Å². The molecule has 1 N–H and O–H groups in total. The predicted octanol–water partition coefficient (Wildman–Crippen LogP) is 2.27. The van der Waals surface area contributed by atoms with Crippen LogP contribution in [0.4, 0.5) is 0 Å². The first-order valence-corrected chi connectivity index (χ1v) is 6.65. The Morgan fingerprint density at radius 3 is 2.78 bits per heavy atom. The molecule has 1 aromatic heterocycles. The number of halogens is 1. The third kappa shape index (κ3) is 2.33. The lowest BCUT2D eigenvalue weighted by molar-refractivity contribution is 0.296. The van der Waals surface area contributed by atoms with Crippen LogP contribution in [0.2, 0.25) is 0 Å². The minimum absolute atomic E-state index is 0.0671. The summed E-state index contributed by atoms with van der Waals surface area (Å²) in [5.74, 6) is 0. The van der Waals surface area contributed by atoms with E-state index in [0.717, 1.165) is 9.99 Å². The van der Waals surface area contributed by atoms with Gasteiger partial charge in [-0.25, -0.2) is 0 Å². The van der Waals surface area contributed by atoms with Crippen LogP contribution >= 0.6 is 15.9 Å². The second-order valence-corrected chi connectivity index (χ2v) is 5.36. The van der Waals surface area contributed by atoms with Gasteiger partial charge in [-0.15, -0.1) is 0 Å². The van der Waals surface area contributed by atoms with Crippen molar-refractivity contribution in [1.29, 1.82) is 0 Å². The van der Waals surface area contributed by atoms with Gasteiger partial charge in [-0.05, 0) is 32.0 Å². The molecular formula is C13H15BrN2O2. The molecule has 0 radical (unpaired) electrons. The summed E-state index contributed by atoms with van der Waals surface area (Å²) in [6.07, 6.45) is 0.289. The smallest absolute Gasteiger partial charge is 0.211 e. The fraction of sp³-hybridized carbons (Fsp3) is 0.385. The van der Waals surface area contributed by atoms with Gasteiger partial charge in [0.1, 0.15) is 5.69 Å². The third-order valence-corrected chi connectivity index (χ3v) is 3.27. The number of fused-ring (bicyclic) bond motifs is 1. The molecule has 0 amide bonds. The maximum absolute atomic E-state index is 12.2. The van der Waals surface area contributed by atoms with Crippen LogP contribution in [0.3, 0.4) is 0 Å². The van der Waals surface area contributed by atoms with Gasteiger partial charge in [0.15, 0.2) is 0 Å². The van der Waals surface area contributed by atoms with E-state index in [1.54, 1.807) is 6.07 Å². The van der Waals surface area contributed by atoms with Crippen LogP contribution in [0.25, 0.3) is 10.9 Å². The third-order valence-electron chi connectivity index (χ3n) is 2.78. The van der Waals surface area contributed by atoms with Crippen molar-refractivity contribution >= 4 is 26.8 Å². The van der Waals surface area contributed by atoms with Crippen molar-refractivity contribution in [3.8, 4) is 0 Å². The second kappa shape index (κ2) is 5.20. The molecule has 0 aliphatic carbocycles. The number of aliphatic hydroxyl groups is 1. The summed E-state index contributed by atoms with van der Waals surface area (Å²) in [7, 11) is 0. The van der Waals surface area contributed by atoms with Crippen molar-refractivity contribution in [3.05, 3.63) is 38.6 Å². The summed E-state index contributed by atoms with van der Waals surface area (Å²) in [6.45, 7) is 3.96. The van der Waals surface area contributed by atoms with Crippen LogP contribution < -0.4 is 5.43 Å². The fourth-order valence-corrected chi connectivity index (χ4v) is 2.28. The van der Waals surface area contributed by atoms with E-state index in [0.29, 0.717) is 11.1 Å². The molecule has 0 saturated carbocycles. The molecule has 0 bridgehead atoms. The number of rotatable bonds is 3. The average Bonchev–Trinajstić information content (AvgIpc) is 2.32. The van der Waals surface area contributed by atoms with E-state index in [-0.39, 0.29) is 24.5 Å². The van der Waals surface area contributed by atoms with Crippen molar-refractivity contribution < 1.29 is 5.11 Å². The van der Waals surface area contributed by atoms with Crippen LogP contribution in [0.5, 0.6) is 0 Å². The van der Waals surface area contributed by atoms with Gasteiger partial charge in [-0.1, -0.05) is 15.9 Å². The van der Waals surface area contributed by atoms with Gasteiger partial charge < -0.3 is 5.11 Å². The van der Waals surface area contributed by atoms with Gasteiger partial charge in [-0.3, -0.25) is 9.48 Å². The van der Waals surface area contributed by atoms with Crippen molar-refractivity contribution in [3.63, 3.8) is 0 Å². The lowest BCUT2D eigenvalue weighted by atomic mass is 10.1. The summed E-state index contributed by atoms with van der Waals surface area (Å²) in [6, 6.07) is 5.69. The maximum Gasteiger partial charge on any atom is 0.211 e. The van der Waals surface area contributed by atoms with Gasteiger partial charge in [0.05, 0.1) is 5.52 Å². The minimum atomic E-state index is -0.0940. The number of hydrogen-bond acceptors (Lipinski definition) is 3. The number of aromatic nitrogens is 2. The highest BCUT2D eigenvalue weighted by Gasteiger charge is 2.12. The SMILES string of the molecule is CC(C)n1nc(CCO)c(=O)c2ccc(Br)cc21. The molecule has 0 spiro atoms. The molecule has 0 aliphatic rings. The van der Waals surface area contributed by atoms with Crippen LogP contribution in [-0.4, -0.2) is 21.5 Å². The normalized spacial score (nSPS) is 11.4. The van der Waals surface area contributed by atoms with Crippen molar-refractivity contribution in [2.24, 2.45) is 0 Å². The Hall–Kier alpha value is -1.20. The van der Waals surface area contributed by atoms with Crippen molar-refractivity contribution in [2.75, 3.05) is 6.61 Å². The van der Waals surface area contributed by atoms with Gasteiger partial charge in [-0.2, -0.15) is 5.10 Å². The molecule has 0 unspecified atom stereocenters. The molecule has 18 heavy (non-hydrogen) atoms. The number of hydrogen-bond donors (Lipinski definition) is 1. The molecule has 0 fully saturated rings. The largest absolute Gasteiger partial charge is 0.396 e. The van der Waals surface area contributed by atoms with Crippen LogP contribution in [0.15, 0.2) is 27.5 Å². The second-order valence-electron chi connectivity index (χ2n) is 4.45. The summed E-state index contributed by atoms with van der Waals surface area (Å²) in [4.78, 5) is 12.2. The molecule has 0 saturated heterocycles. The summed E-state index contributed by atoms with van der Waals surface area (Å²) >= 11 is 3.41. The van der Waals surface area contributed by atoms with Crippen molar-refractivity contribution in [2.45, 2.75) is 26.3 Å². The van der Waals surface area contributed by atoms with E-state index >= 15 is 0 Å². The Labute approximate surface area is 113 Å². The van der Waals surface area contributed by atoms with E-state index in [1.807, 2.05) is 30.7 Å². The minimum Gasteiger partial charge on any atom is -0.396 e. The lowest BCUT2D eigenvalue weighted by Gasteiger charge is -2.15. The molecular weight excluding hydrogens is 296 g/mol. The Morgan fingerprint density at radius 2 is 2.17 bits per heavy atom. The Morgan fingerprint density at radius 1 is 1.44 bits per heavy atom. The molecule has 1 aromatic carbocycles. The van der Waals surface area contributed by atoms with E-state index < -0.39 is 0 Å². The maximum atomic E-state index is 12.2. The van der Waals surface area contributed by atoms with E-state index in [1.165, 1.54) is 0 Å².